The Morgan fingerprint density at radius 2 is 1.94 bits per heavy atom. The Morgan fingerprint density at radius 1 is 1.18 bits per heavy atom. The fraction of sp³-hybridized carbons (Fsp3) is 0.917. The van der Waals surface area contributed by atoms with Crippen LogP contribution in [0.25, 0.3) is 0 Å². The van der Waals surface area contributed by atoms with Gasteiger partial charge >= 0.3 is 0 Å². The number of carbonyl (C=O) groups is 1. The lowest BCUT2D eigenvalue weighted by molar-refractivity contribution is -0.121. The second-order valence-electron chi connectivity index (χ2n) is 4.17. The minimum Gasteiger partial charge on any atom is -0.382 e. The van der Waals surface area contributed by atoms with Crippen LogP contribution in [-0.2, 0) is 14.3 Å². The normalized spacial score (nSPS) is 10.8. The van der Waals surface area contributed by atoms with Crippen molar-refractivity contribution < 1.29 is 14.3 Å². The van der Waals surface area contributed by atoms with Gasteiger partial charge in [0.15, 0.2) is 0 Å². The van der Waals surface area contributed by atoms with Gasteiger partial charge in [0.2, 0.25) is 5.91 Å². The SMILES string of the molecule is COCCOCCNC(=O)CCCNC(C)C. The van der Waals surface area contributed by atoms with Crippen LogP contribution in [0.2, 0.25) is 0 Å². The molecule has 0 aromatic heterocycles. The molecule has 0 spiro atoms. The zero-order chi connectivity index (χ0) is 12.9. The summed E-state index contributed by atoms with van der Waals surface area (Å²) >= 11 is 0. The van der Waals surface area contributed by atoms with Crippen LogP contribution in [0, 0.1) is 0 Å². The van der Waals surface area contributed by atoms with Gasteiger partial charge in [-0.15, -0.1) is 0 Å². The highest BCUT2D eigenvalue weighted by atomic mass is 16.5. The average Bonchev–Trinajstić information content (AvgIpc) is 2.29. The maximum absolute atomic E-state index is 11.4. The maximum Gasteiger partial charge on any atom is 0.220 e. The van der Waals surface area contributed by atoms with Gasteiger partial charge in [0, 0.05) is 26.1 Å². The number of hydrogen-bond donors (Lipinski definition) is 2. The van der Waals surface area contributed by atoms with E-state index >= 15 is 0 Å². The number of carbonyl (C=O) groups excluding carboxylic acids is 1. The summed E-state index contributed by atoms with van der Waals surface area (Å²) in [5.41, 5.74) is 0. The van der Waals surface area contributed by atoms with Crippen molar-refractivity contribution in [2.75, 3.05) is 40.0 Å². The molecule has 17 heavy (non-hydrogen) atoms. The second kappa shape index (κ2) is 11.8. The van der Waals surface area contributed by atoms with Gasteiger partial charge in [-0.2, -0.15) is 0 Å². The summed E-state index contributed by atoms with van der Waals surface area (Å²) in [5.74, 6) is 0.0888. The molecule has 0 saturated heterocycles. The molecule has 0 unspecified atom stereocenters. The zero-order valence-electron chi connectivity index (χ0n) is 11.3. The minimum atomic E-state index is 0.0888. The van der Waals surface area contributed by atoms with Crippen molar-refractivity contribution in [3.8, 4) is 0 Å². The van der Waals surface area contributed by atoms with Gasteiger partial charge in [0.25, 0.3) is 0 Å². The predicted octanol–water partition coefficient (Wildman–Crippen LogP) is 0.544. The maximum atomic E-state index is 11.4. The van der Waals surface area contributed by atoms with Gasteiger partial charge in [-0.25, -0.2) is 0 Å². The van der Waals surface area contributed by atoms with Crippen LogP contribution >= 0.6 is 0 Å². The standard InChI is InChI=1S/C12H26N2O3/c1-11(2)13-6-4-5-12(15)14-7-8-17-10-9-16-3/h11,13H,4-10H2,1-3H3,(H,14,15). The number of methoxy groups -OCH3 is 1. The molecule has 0 rings (SSSR count). The monoisotopic (exact) mass is 246 g/mol. The Labute approximate surface area is 104 Å². The Kier molecular flexibility index (Phi) is 11.4. The fourth-order valence-corrected chi connectivity index (χ4v) is 1.24. The molecule has 1 amide bonds. The molecule has 2 N–H and O–H groups in total. The first kappa shape index (κ1) is 16.4. The van der Waals surface area contributed by atoms with Gasteiger partial charge < -0.3 is 20.1 Å². The number of rotatable bonds is 11. The van der Waals surface area contributed by atoms with E-state index in [4.69, 9.17) is 9.47 Å². The first-order valence-electron chi connectivity index (χ1n) is 6.23. The van der Waals surface area contributed by atoms with E-state index in [1.165, 1.54) is 0 Å². The molecule has 0 atom stereocenters. The fourth-order valence-electron chi connectivity index (χ4n) is 1.24. The van der Waals surface area contributed by atoms with Crippen LogP contribution in [0.3, 0.4) is 0 Å². The third kappa shape index (κ3) is 13.3. The molecule has 0 saturated carbocycles. The smallest absolute Gasteiger partial charge is 0.220 e. The third-order valence-electron chi connectivity index (χ3n) is 2.13. The summed E-state index contributed by atoms with van der Waals surface area (Å²) in [4.78, 5) is 11.4. The van der Waals surface area contributed by atoms with E-state index in [1.807, 2.05) is 0 Å². The Balaban J connectivity index is 3.18. The van der Waals surface area contributed by atoms with Crippen LogP contribution in [-0.4, -0.2) is 52.0 Å². The van der Waals surface area contributed by atoms with Gasteiger partial charge in [0.05, 0.1) is 19.8 Å². The van der Waals surface area contributed by atoms with Crippen LogP contribution in [0.4, 0.5) is 0 Å². The van der Waals surface area contributed by atoms with Crippen molar-refractivity contribution in [3.63, 3.8) is 0 Å². The lowest BCUT2D eigenvalue weighted by atomic mass is 10.2. The molecule has 0 aromatic carbocycles. The highest BCUT2D eigenvalue weighted by Crippen LogP contribution is 1.88. The third-order valence-corrected chi connectivity index (χ3v) is 2.13. The number of nitrogens with one attached hydrogen (secondary N) is 2. The molecule has 0 aromatic rings. The van der Waals surface area contributed by atoms with Crippen molar-refractivity contribution in [2.45, 2.75) is 32.7 Å². The van der Waals surface area contributed by atoms with E-state index < -0.39 is 0 Å². The van der Waals surface area contributed by atoms with Crippen LogP contribution in [0.5, 0.6) is 0 Å². The van der Waals surface area contributed by atoms with E-state index in [0.717, 1.165) is 13.0 Å². The average molecular weight is 246 g/mol. The predicted molar refractivity (Wildman–Crippen MR) is 68.1 cm³/mol. The molecule has 0 aliphatic rings. The summed E-state index contributed by atoms with van der Waals surface area (Å²) in [6.07, 6.45) is 1.44. The summed E-state index contributed by atoms with van der Waals surface area (Å²) in [7, 11) is 1.64. The highest BCUT2D eigenvalue weighted by Gasteiger charge is 2.00. The summed E-state index contributed by atoms with van der Waals surface area (Å²) in [6, 6.07) is 0.479. The van der Waals surface area contributed by atoms with E-state index in [1.54, 1.807) is 7.11 Å². The first-order valence-corrected chi connectivity index (χ1v) is 6.23. The molecule has 0 aliphatic carbocycles. The molecule has 0 fully saturated rings. The van der Waals surface area contributed by atoms with Gasteiger partial charge in [-0.3, -0.25) is 4.79 Å². The van der Waals surface area contributed by atoms with Crippen LogP contribution in [0.15, 0.2) is 0 Å². The molecule has 102 valence electrons. The van der Waals surface area contributed by atoms with Crippen molar-refractivity contribution >= 4 is 5.91 Å². The Hall–Kier alpha value is -0.650. The zero-order valence-corrected chi connectivity index (χ0v) is 11.3. The molecular formula is C12H26N2O3. The minimum absolute atomic E-state index is 0.0888. The lowest BCUT2D eigenvalue weighted by Crippen LogP contribution is -2.29. The number of amides is 1. The Bertz CT molecular complexity index is 187. The van der Waals surface area contributed by atoms with Crippen molar-refractivity contribution in [3.05, 3.63) is 0 Å². The summed E-state index contributed by atoms with van der Waals surface area (Å²) < 4.78 is 10.1. The number of hydrogen-bond acceptors (Lipinski definition) is 4. The summed E-state index contributed by atoms with van der Waals surface area (Å²) in [5, 5.41) is 6.09. The number of ether oxygens (including phenoxy) is 2. The van der Waals surface area contributed by atoms with Crippen molar-refractivity contribution in [1.82, 2.24) is 10.6 Å². The largest absolute Gasteiger partial charge is 0.382 e. The van der Waals surface area contributed by atoms with Crippen molar-refractivity contribution in [1.29, 1.82) is 0 Å². The van der Waals surface area contributed by atoms with E-state index in [2.05, 4.69) is 24.5 Å². The van der Waals surface area contributed by atoms with E-state index in [0.29, 0.717) is 38.8 Å². The first-order chi connectivity index (χ1) is 8.16. The molecule has 5 heteroatoms. The molecular weight excluding hydrogens is 220 g/mol. The van der Waals surface area contributed by atoms with Gasteiger partial charge in [-0.1, -0.05) is 13.8 Å². The van der Waals surface area contributed by atoms with Gasteiger partial charge in [-0.05, 0) is 13.0 Å². The molecule has 0 aliphatic heterocycles. The van der Waals surface area contributed by atoms with Crippen LogP contribution < -0.4 is 10.6 Å². The molecule has 0 bridgehead atoms. The topological polar surface area (TPSA) is 59.6 Å². The van der Waals surface area contributed by atoms with E-state index in [-0.39, 0.29) is 5.91 Å². The van der Waals surface area contributed by atoms with Gasteiger partial charge in [0.1, 0.15) is 0 Å². The lowest BCUT2D eigenvalue weighted by Gasteiger charge is -2.08. The van der Waals surface area contributed by atoms with Crippen LogP contribution in [0.1, 0.15) is 26.7 Å². The van der Waals surface area contributed by atoms with E-state index in [9.17, 15) is 4.79 Å². The Morgan fingerprint density at radius 3 is 2.59 bits per heavy atom. The summed E-state index contributed by atoms with van der Waals surface area (Å²) in [6.45, 7) is 7.35. The molecule has 5 nitrogen and oxygen atoms in total. The quantitative estimate of drug-likeness (QED) is 0.523. The highest BCUT2D eigenvalue weighted by molar-refractivity contribution is 5.75. The second-order valence-corrected chi connectivity index (χ2v) is 4.17. The molecule has 0 heterocycles. The van der Waals surface area contributed by atoms with Crippen molar-refractivity contribution in [2.24, 2.45) is 0 Å². The molecule has 0 radical (unpaired) electrons.